The van der Waals surface area contributed by atoms with Crippen molar-refractivity contribution in [1.82, 2.24) is 4.98 Å². The van der Waals surface area contributed by atoms with Gasteiger partial charge in [0.2, 0.25) is 5.89 Å². The van der Waals surface area contributed by atoms with Crippen LogP contribution in [0.4, 0.5) is 0 Å². The Morgan fingerprint density at radius 2 is 2.00 bits per heavy atom. The van der Waals surface area contributed by atoms with Crippen LogP contribution in [0.5, 0.6) is 0 Å². The van der Waals surface area contributed by atoms with Crippen LogP contribution in [0, 0.1) is 6.92 Å². The fraction of sp³-hybridized carbons (Fsp3) is 0.0667. The third kappa shape index (κ3) is 2.13. The number of carbonyl (C=O) groups is 1. The highest BCUT2D eigenvalue weighted by molar-refractivity contribution is 6.67. The molecule has 0 bridgehead atoms. The van der Waals surface area contributed by atoms with E-state index in [0.717, 1.165) is 22.2 Å². The van der Waals surface area contributed by atoms with E-state index in [1.165, 1.54) is 0 Å². The van der Waals surface area contributed by atoms with Gasteiger partial charge in [0.25, 0.3) is 5.24 Å². The zero-order chi connectivity index (χ0) is 13.4. The largest absolute Gasteiger partial charge is 0.436 e. The number of nitrogens with zero attached hydrogens (tertiary/aromatic N) is 1. The van der Waals surface area contributed by atoms with Gasteiger partial charge in [0, 0.05) is 11.1 Å². The van der Waals surface area contributed by atoms with Gasteiger partial charge in [-0.05, 0) is 54.4 Å². The summed E-state index contributed by atoms with van der Waals surface area (Å²) >= 11 is 5.49. The molecule has 0 saturated heterocycles. The average Bonchev–Trinajstić information content (AvgIpc) is 2.81. The molecule has 0 aliphatic heterocycles. The van der Waals surface area contributed by atoms with Crippen molar-refractivity contribution in [2.75, 3.05) is 0 Å². The summed E-state index contributed by atoms with van der Waals surface area (Å²) in [5.41, 5.74) is 3.69. The summed E-state index contributed by atoms with van der Waals surface area (Å²) in [7, 11) is 0. The first kappa shape index (κ1) is 11.9. The van der Waals surface area contributed by atoms with Crippen molar-refractivity contribution in [3.05, 3.63) is 53.6 Å². The van der Waals surface area contributed by atoms with Gasteiger partial charge in [0.05, 0.1) is 0 Å². The predicted octanol–water partition coefficient (Wildman–Crippen LogP) is 4.18. The van der Waals surface area contributed by atoms with Crippen molar-refractivity contribution < 1.29 is 9.21 Å². The van der Waals surface area contributed by atoms with E-state index in [1.807, 2.05) is 37.3 Å². The van der Waals surface area contributed by atoms with Crippen LogP contribution in [-0.2, 0) is 0 Å². The first-order valence-electron chi connectivity index (χ1n) is 5.81. The zero-order valence-corrected chi connectivity index (χ0v) is 10.9. The number of aryl methyl sites for hydroxylation is 1. The number of para-hydroxylation sites is 2. The van der Waals surface area contributed by atoms with Crippen molar-refractivity contribution in [1.29, 1.82) is 0 Å². The van der Waals surface area contributed by atoms with Crippen molar-refractivity contribution >= 4 is 27.9 Å². The van der Waals surface area contributed by atoms with Crippen LogP contribution < -0.4 is 0 Å². The standard InChI is InChI=1S/C15H10ClNO2/c1-9-8-10(6-7-11(9)14(16)18)15-17-12-4-2-3-5-13(12)19-15/h2-8H,1H3. The van der Waals surface area contributed by atoms with Gasteiger partial charge in [-0.3, -0.25) is 4.79 Å². The molecular formula is C15H10ClNO2. The normalized spacial score (nSPS) is 10.8. The summed E-state index contributed by atoms with van der Waals surface area (Å²) in [6, 6.07) is 12.9. The molecule has 1 heterocycles. The first-order chi connectivity index (χ1) is 9.15. The molecule has 0 radical (unpaired) electrons. The second-order valence-electron chi connectivity index (χ2n) is 4.29. The Morgan fingerprint density at radius 3 is 2.68 bits per heavy atom. The van der Waals surface area contributed by atoms with Gasteiger partial charge in [-0.2, -0.15) is 0 Å². The second kappa shape index (κ2) is 4.52. The van der Waals surface area contributed by atoms with Gasteiger partial charge in [-0.1, -0.05) is 12.1 Å². The zero-order valence-electron chi connectivity index (χ0n) is 10.2. The van der Waals surface area contributed by atoms with Crippen LogP contribution in [0.25, 0.3) is 22.6 Å². The molecule has 0 amide bonds. The molecule has 3 rings (SSSR count). The van der Waals surface area contributed by atoms with Crippen molar-refractivity contribution in [2.24, 2.45) is 0 Å². The predicted molar refractivity (Wildman–Crippen MR) is 74.4 cm³/mol. The number of rotatable bonds is 2. The fourth-order valence-electron chi connectivity index (χ4n) is 2.01. The van der Waals surface area contributed by atoms with E-state index in [9.17, 15) is 4.79 Å². The molecule has 94 valence electrons. The fourth-order valence-corrected chi connectivity index (χ4v) is 2.22. The minimum atomic E-state index is -0.457. The van der Waals surface area contributed by atoms with Crippen LogP contribution in [-0.4, -0.2) is 10.2 Å². The summed E-state index contributed by atoms with van der Waals surface area (Å²) in [5, 5.41) is -0.457. The number of carbonyl (C=O) groups excluding carboxylic acids is 1. The van der Waals surface area contributed by atoms with Gasteiger partial charge < -0.3 is 4.42 Å². The monoisotopic (exact) mass is 271 g/mol. The lowest BCUT2D eigenvalue weighted by Gasteiger charge is -2.02. The average molecular weight is 272 g/mol. The molecule has 0 unspecified atom stereocenters. The third-order valence-electron chi connectivity index (χ3n) is 2.98. The SMILES string of the molecule is Cc1cc(-c2nc3ccccc3o2)ccc1C(=O)Cl. The quantitative estimate of drug-likeness (QED) is 0.657. The second-order valence-corrected chi connectivity index (χ2v) is 4.63. The van der Waals surface area contributed by atoms with E-state index in [4.69, 9.17) is 16.0 Å². The number of aromatic nitrogens is 1. The molecular weight excluding hydrogens is 262 g/mol. The molecule has 3 aromatic rings. The van der Waals surface area contributed by atoms with Crippen LogP contribution in [0.3, 0.4) is 0 Å². The minimum absolute atomic E-state index is 0.457. The van der Waals surface area contributed by atoms with E-state index in [0.29, 0.717) is 11.5 Å². The van der Waals surface area contributed by atoms with Crippen LogP contribution in [0.1, 0.15) is 15.9 Å². The third-order valence-corrected chi connectivity index (χ3v) is 3.18. The lowest BCUT2D eigenvalue weighted by molar-refractivity contribution is 0.108. The molecule has 0 spiro atoms. The molecule has 0 saturated carbocycles. The Balaban J connectivity index is 2.11. The summed E-state index contributed by atoms with van der Waals surface area (Å²) in [5.74, 6) is 0.540. The number of hydrogen-bond donors (Lipinski definition) is 0. The van der Waals surface area contributed by atoms with Gasteiger partial charge in [0.1, 0.15) is 5.52 Å². The maximum atomic E-state index is 11.2. The summed E-state index contributed by atoms with van der Waals surface area (Å²) in [6.07, 6.45) is 0. The molecule has 0 aliphatic carbocycles. The van der Waals surface area contributed by atoms with E-state index in [1.54, 1.807) is 12.1 Å². The smallest absolute Gasteiger partial charge is 0.252 e. The van der Waals surface area contributed by atoms with Crippen molar-refractivity contribution in [3.8, 4) is 11.5 Å². The van der Waals surface area contributed by atoms with E-state index >= 15 is 0 Å². The van der Waals surface area contributed by atoms with Gasteiger partial charge in [-0.25, -0.2) is 4.98 Å². The number of benzene rings is 2. The molecule has 0 aliphatic rings. The summed E-state index contributed by atoms with van der Waals surface area (Å²) in [6.45, 7) is 1.84. The topological polar surface area (TPSA) is 43.1 Å². The lowest BCUT2D eigenvalue weighted by Crippen LogP contribution is -1.93. The molecule has 3 nitrogen and oxygen atoms in total. The Morgan fingerprint density at radius 1 is 1.21 bits per heavy atom. The summed E-state index contributed by atoms with van der Waals surface area (Å²) in [4.78, 5) is 15.6. The Labute approximate surface area is 114 Å². The van der Waals surface area contributed by atoms with Gasteiger partial charge in [-0.15, -0.1) is 0 Å². The Kier molecular flexibility index (Phi) is 2.84. The number of hydrogen-bond acceptors (Lipinski definition) is 3. The van der Waals surface area contributed by atoms with Crippen molar-refractivity contribution in [2.45, 2.75) is 6.92 Å². The molecule has 19 heavy (non-hydrogen) atoms. The highest BCUT2D eigenvalue weighted by Gasteiger charge is 2.11. The molecule has 0 atom stereocenters. The van der Waals surface area contributed by atoms with E-state index in [-0.39, 0.29) is 0 Å². The molecule has 4 heteroatoms. The lowest BCUT2D eigenvalue weighted by atomic mass is 10.1. The maximum Gasteiger partial charge on any atom is 0.252 e. The highest BCUT2D eigenvalue weighted by Crippen LogP contribution is 2.26. The van der Waals surface area contributed by atoms with Crippen LogP contribution >= 0.6 is 11.6 Å². The van der Waals surface area contributed by atoms with Crippen LogP contribution in [0.2, 0.25) is 0 Å². The Hall–Kier alpha value is -2.13. The molecule has 1 aromatic heterocycles. The van der Waals surface area contributed by atoms with Crippen molar-refractivity contribution in [3.63, 3.8) is 0 Å². The van der Waals surface area contributed by atoms with Gasteiger partial charge >= 0.3 is 0 Å². The van der Waals surface area contributed by atoms with Gasteiger partial charge in [0.15, 0.2) is 5.58 Å². The number of fused-ring (bicyclic) bond motifs is 1. The number of oxazole rings is 1. The Bertz CT molecular complexity index is 744. The molecule has 0 fully saturated rings. The van der Waals surface area contributed by atoms with E-state index in [2.05, 4.69) is 4.98 Å². The molecule has 2 aromatic carbocycles. The van der Waals surface area contributed by atoms with E-state index < -0.39 is 5.24 Å². The molecule has 0 N–H and O–H groups in total. The maximum absolute atomic E-state index is 11.2. The number of halogens is 1. The first-order valence-corrected chi connectivity index (χ1v) is 6.19. The highest BCUT2D eigenvalue weighted by atomic mass is 35.5. The summed E-state index contributed by atoms with van der Waals surface area (Å²) < 4.78 is 5.68. The van der Waals surface area contributed by atoms with Crippen LogP contribution in [0.15, 0.2) is 46.9 Å². The minimum Gasteiger partial charge on any atom is -0.436 e.